The van der Waals surface area contributed by atoms with E-state index in [9.17, 15) is 14.9 Å². The molecule has 1 rings (SSSR count). The number of nitro benzene ring substituents is 1. The smallest absolute Gasteiger partial charge is 0.270 e. The number of aryl methyl sites for hydroxylation is 1. The third kappa shape index (κ3) is 3.78. The Labute approximate surface area is 111 Å². The number of nitro groups is 1. The van der Waals surface area contributed by atoms with E-state index >= 15 is 0 Å². The zero-order valence-electron chi connectivity index (χ0n) is 10.9. The summed E-state index contributed by atoms with van der Waals surface area (Å²) in [4.78, 5) is 23.8. The molecule has 0 atom stereocenters. The van der Waals surface area contributed by atoms with Crippen LogP contribution in [0, 0.1) is 28.4 Å². The van der Waals surface area contributed by atoms with Crippen LogP contribution in [0.15, 0.2) is 18.2 Å². The Morgan fingerprint density at radius 3 is 2.68 bits per heavy atom. The van der Waals surface area contributed by atoms with E-state index in [1.807, 2.05) is 13.0 Å². The van der Waals surface area contributed by atoms with Crippen molar-refractivity contribution in [3.8, 4) is 6.07 Å². The van der Waals surface area contributed by atoms with E-state index < -0.39 is 4.92 Å². The van der Waals surface area contributed by atoms with Gasteiger partial charge in [-0.15, -0.1) is 0 Å². The number of amides is 1. The molecule has 0 saturated carbocycles. The van der Waals surface area contributed by atoms with Gasteiger partial charge in [0, 0.05) is 24.2 Å². The number of hydrogen-bond acceptors (Lipinski definition) is 4. The second-order valence-electron chi connectivity index (χ2n) is 4.20. The molecule has 0 spiro atoms. The number of benzene rings is 1. The zero-order valence-corrected chi connectivity index (χ0v) is 10.9. The van der Waals surface area contributed by atoms with Gasteiger partial charge >= 0.3 is 0 Å². The summed E-state index contributed by atoms with van der Waals surface area (Å²) in [7, 11) is 0. The molecule has 0 bridgehead atoms. The monoisotopic (exact) mass is 261 g/mol. The molecule has 0 unspecified atom stereocenters. The lowest BCUT2D eigenvalue weighted by molar-refractivity contribution is -0.384. The van der Waals surface area contributed by atoms with E-state index in [4.69, 9.17) is 5.26 Å². The van der Waals surface area contributed by atoms with Crippen molar-refractivity contribution in [2.45, 2.75) is 20.3 Å². The highest BCUT2D eigenvalue weighted by Gasteiger charge is 2.18. The van der Waals surface area contributed by atoms with Gasteiger partial charge in [-0.3, -0.25) is 14.9 Å². The van der Waals surface area contributed by atoms with E-state index in [0.29, 0.717) is 12.1 Å². The molecule has 0 radical (unpaired) electrons. The molecule has 0 heterocycles. The third-order valence-corrected chi connectivity index (χ3v) is 2.56. The van der Waals surface area contributed by atoms with Crippen LogP contribution in [-0.4, -0.2) is 28.8 Å². The average Bonchev–Trinajstić information content (AvgIpc) is 2.37. The van der Waals surface area contributed by atoms with Gasteiger partial charge in [0.05, 0.1) is 11.0 Å². The van der Waals surface area contributed by atoms with Crippen LogP contribution in [0.5, 0.6) is 0 Å². The fraction of sp³-hybridized carbons (Fsp3) is 0.385. The Morgan fingerprint density at radius 1 is 1.47 bits per heavy atom. The lowest BCUT2D eigenvalue weighted by atomic mass is 10.1. The standard InChI is InChI=1S/C13H15N3O3/c1-3-5-15(6-4-14)13(17)11-7-10(2)8-12(9-11)16(18)19/h7-9H,3,5-6H2,1-2H3. The Kier molecular flexibility index (Phi) is 5.01. The lowest BCUT2D eigenvalue weighted by Crippen LogP contribution is -2.32. The van der Waals surface area contributed by atoms with E-state index in [0.717, 1.165) is 6.42 Å². The van der Waals surface area contributed by atoms with Crippen molar-refractivity contribution >= 4 is 11.6 Å². The molecule has 6 nitrogen and oxygen atoms in total. The predicted molar refractivity (Wildman–Crippen MR) is 69.6 cm³/mol. The van der Waals surface area contributed by atoms with Gasteiger partial charge in [0.15, 0.2) is 0 Å². The molecule has 19 heavy (non-hydrogen) atoms. The number of carbonyl (C=O) groups excluding carboxylic acids is 1. The fourth-order valence-electron chi connectivity index (χ4n) is 1.78. The molecule has 1 aromatic rings. The zero-order chi connectivity index (χ0) is 14.4. The summed E-state index contributed by atoms with van der Waals surface area (Å²) in [6, 6.07) is 6.17. The van der Waals surface area contributed by atoms with Crippen molar-refractivity contribution in [1.29, 1.82) is 5.26 Å². The van der Waals surface area contributed by atoms with E-state index in [-0.39, 0.29) is 23.7 Å². The summed E-state index contributed by atoms with van der Waals surface area (Å²) in [6.07, 6.45) is 0.724. The predicted octanol–water partition coefficient (Wildman–Crippen LogP) is 2.28. The van der Waals surface area contributed by atoms with Crippen molar-refractivity contribution in [3.05, 3.63) is 39.4 Å². The summed E-state index contributed by atoms with van der Waals surface area (Å²) in [5, 5.41) is 19.5. The second kappa shape index (κ2) is 6.50. The van der Waals surface area contributed by atoms with Crippen molar-refractivity contribution in [3.63, 3.8) is 0 Å². The Morgan fingerprint density at radius 2 is 2.16 bits per heavy atom. The minimum atomic E-state index is -0.530. The molecule has 0 fully saturated rings. The topological polar surface area (TPSA) is 87.2 Å². The van der Waals surface area contributed by atoms with Gasteiger partial charge in [-0.25, -0.2) is 0 Å². The molecule has 6 heteroatoms. The molecule has 100 valence electrons. The van der Waals surface area contributed by atoms with Gasteiger partial charge in [-0.1, -0.05) is 6.92 Å². The van der Waals surface area contributed by atoms with Gasteiger partial charge in [0.2, 0.25) is 0 Å². The average molecular weight is 261 g/mol. The van der Waals surface area contributed by atoms with Crippen LogP contribution in [0.25, 0.3) is 0 Å². The first-order valence-corrected chi connectivity index (χ1v) is 5.92. The highest BCUT2D eigenvalue weighted by molar-refractivity contribution is 5.95. The second-order valence-corrected chi connectivity index (χ2v) is 4.20. The minimum absolute atomic E-state index is 0.0194. The first kappa shape index (κ1) is 14.6. The number of rotatable bonds is 5. The summed E-state index contributed by atoms with van der Waals surface area (Å²) in [6.45, 7) is 4.02. The van der Waals surface area contributed by atoms with Crippen LogP contribution in [0.1, 0.15) is 29.3 Å². The van der Waals surface area contributed by atoms with Crippen LogP contribution < -0.4 is 0 Å². The summed E-state index contributed by atoms with van der Waals surface area (Å²) in [5.41, 5.74) is 0.776. The molecular weight excluding hydrogens is 246 g/mol. The van der Waals surface area contributed by atoms with Gasteiger partial charge in [0.1, 0.15) is 6.54 Å². The third-order valence-electron chi connectivity index (χ3n) is 2.56. The van der Waals surface area contributed by atoms with Gasteiger partial charge < -0.3 is 4.90 Å². The quantitative estimate of drug-likeness (QED) is 0.462. The molecule has 0 aliphatic rings. The van der Waals surface area contributed by atoms with Gasteiger partial charge in [-0.2, -0.15) is 5.26 Å². The molecule has 0 aliphatic heterocycles. The van der Waals surface area contributed by atoms with E-state index in [1.54, 1.807) is 13.0 Å². The summed E-state index contributed by atoms with van der Waals surface area (Å²) in [5.74, 6) is -0.352. The molecule has 0 aliphatic carbocycles. The number of hydrogen-bond donors (Lipinski definition) is 0. The van der Waals surface area contributed by atoms with Crippen molar-refractivity contribution in [2.24, 2.45) is 0 Å². The molecular formula is C13H15N3O3. The van der Waals surface area contributed by atoms with Crippen LogP contribution in [0.3, 0.4) is 0 Å². The molecule has 1 amide bonds. The van der Waals surface area contributed by atoms with Gasteiger partial charge in [-0.05, 0) is 25.0 Å². The Bertz CT molecular complexity index is 534. The Hall–Kier alpha value is -2.42. The largest absolute Gasteiger partial charge is 0.325 e. The molecule has 0 saturated heterocycles. The van der Waals surface area contributed by atoms with Crippen molar-refractivity contribution in [1.82, 2.24) is 4.90 Å². The maximum atomic E-state index is 12.2. The van der Waals surface area contributed by atoms with Gasteiger partial charge in [0.25, 0.3) is 11.6 Å². The fourth-order valence-corrected chi connectivity index (χ4v) is 1.78. The first-order chi connectivity index (χ1) is 8.99. The normalized spacial score (nSPS) is 9.74. The number of nitriles is 1. The molecule has 0 N–H and O–H groups in total. The van der Waals surface area contributed by atoms with Crippen LogP contribution in [0.2, 0.25) is 0 Å². The maximum Gasteiger partial charge on any atom is 0.270 e. The van der Waals surface area contributed by atoms with Crippen molar-refractivity contribution < 1.29 is 9.72 Å². The number of carbonyl (C=O) groups is 1. The number of non-ortho nitro benzene ring substituents is 1. The molecule has 0 aromatic heterocycles. The summed E-state index contributed by atoms with van der Waals surface area (Å²) >= 11 is 0. The highest BCUT2D eigenvalue weighted by Crippen LogP contribution is 2.18. The Balaban J connectivity index is 3.10. The summed E-state index contributed by atoms with van der Waals surface area (Å²) < 4.78 is 0. The van der Waals surface area contributed by atoms with E-state index in [1.165, 1.54) is 17.0 Å². The first-order valence-electron chi connectivity index (χ1n) is 5.92. The van der Waals surface area contributed by atoms with Crippen LogP contribution in [-0.2, 0) is 0 Å². The highest BCUT2D eigenvalue weighted by atomic mass is 16.6. The SMILES string of the molecule is CCCN(CC#N)C(=O)c1cc(C)cc([N+](=O)[O-])c1. The van der Waals surface area contributed by atoms with Crippen LogP contribution >= 0.6 is 0 Å². The number of nitrogens with zero attached hydrogens (tertiary/aromatic N) is 3. The molecule has 1 aromatic carbocycles. The maximum absolute atomic E-state index is 12.2. The van der Waals surface area contributed by atoms with Crippen LogP contribution in [0.4, 0.5) is 5.69 Å². The van der Waals surface area contributed by atoms with Crippen molar-refractivity contribution in [2.75, 3.05) is 13.1 Å². The minimum Gasteiger partial charge on any atom is -0.325 e. The van der Waals surface area contributed by atoms with E-state index in [2.05, 4.69) is 0 Å². The lowest BCUT2D eigenvalue weighted by Gasteiger charge is -2.18.